The molecule has 1 aliphatic rings. The summed E-state index contributed by atoms with van der Waals surface area (Å²) >= 11 is 0. The summed E-state index contributed by atoms with van der Waals surface area (Å²) in [6, 6.07) is 12.4. The van der Waals surface area contributed by atoms with E-state index in [9.17, 15) is 9.59 Å². The van der Waals surface area contributed by atoms with Crippen molar-refractivity contribution in [1.29, 1.82) is 0 Å². The molecular formula is C17H13O4S-. The number of esters is 1. The first kappa shape index (κ1) is 14.4. The maximum Gasteiger partial charge on any atom is 0.343 e. The average Bonchev–Trinajstić information content (AvgIpc) is 2.57. The van der Waals surface area contributed by atoms with Gasteiger partial charge in [-0.15, -0.1) is 9.79 Å². The largest absolute Gasteiger partial charge is 0.482 e. The summed E-state index contributed by atoms with van der Waals surface area (Å²) in [5, 5.41) is 0. The number of hydrogen-bond acceptors (Lipinski definition) is 5. The molecule has 112 valence electrons. The van der Waals surface area contributed by atoms with Crippen LogP contribution >= 0.6 is 0 Å². The third kappa shape index (κ3) is 2.41. The van der Waals surface area contributed by atoms with Crippen molar-refractivity contribution < 1.29 is 19.1 Å². The summed E-state index contributed by atoms with van der Waals surface area (Å²) in [5.41, 5.74) is 7.41. The van der Waals surface area contributed by atoms with Gasteiger partial charge < -0.3 is 25.5 Å². The Labute approximate surface area is 130 Å². The van der Waals surface area contributed by atoms with Crippen LogP contribution in [0.1, 0.15) is 15.9 Å². The van der Waals surface area contributed by atoms with E-state index in [2.05, 4.69) is 4.74 Å². The van der Waals surface area contributed by atoms with Crippen LogP contribution in [0.3, 0.4) is 0 Å². The molecule has 1 heterocycles. The first-order chi connectivity index (χ1) is 10.6. The van der Waals surface area contributed by atoms with Gasteiger partial charge in [-0.25, -0.2) is 4.79 Å². The minimum absolute atomic E-state index is 0.0803. The monoisotopic (exact) mass is 313 g/mol. The van der Waals surface area contributed by atoms with Gasteiger partial charge in [-0.2, -0.15) is 0 Å². The molecule has 0 aromatic heterocycles. The van der Waals surface area contributed by atoms with Crippen molar-refractivity contribution in [2.45, 2.75) is 9.79 Å². The Morgan fingerprint density at radius 1 is 1.14 bits per heavy atom. The van der Waals surface area contributed by atoms with Crippen LogP contribution in [-0.4, -0.2) is 25.5 Å². The molecule has 0 bridgehead atoms. The SMILES string of the molecule is C#[S-]1c2ccccc2C(=O)c2cc(OCC(=O)OC)ccc21. The highest BCUT2D eigenvalue weighted by Crippen LogP contribution is 2.32. The van der Waals surface area contributed by atoms with Gasteiger partial charge in [0.15, 0.2) is 12.4 Å². The second-order valence-electron chi connectivity index (χ2n) is 4.69. The fourth-order valence-corrected chi connectivity index (χ4v) is 3.74. The summed E-state index contributed by atoms with van der Waals surface area (Å²) < 4.78 is 9.85. The van der Waals surface area contributed by atoms with E-state index in [0.717, 1.165) is 9.79 Å². The number of ether oxygens (including phenoxy) is 2. The molecule has 22 heavy (non-hydrogen) atoms. The van der Waals surface area contributed by atoms with Gasteiger partial charge in [0.05, 0.1) is 7.11 Å². The summed E-state index contributed by atoms with van der Waals surface area (Å²) in [7, 11) is 0.639. The van der Waals surface area contributed by atoms with Crippen LogP contribution in [0.15, 0.2) is 52.3 Å². The maximum atomic E-state index is 12.6. The van der Waals surface area contributed by atoms with Crippen molar-refractivity contribution in [1.82, 2.24) is 0 Å². The van der Waals surface area contributed by atoms with E-state index in [1.54, 1.807) is 24.3 Å². The first-order valence-corrected chi connectivity index (χ1v) is 7.86. The second kappa shape index (κ2) is 5.72. The third-order valence-corrected chi connectivity index (χ3v) is 5.05. The summed E-state index contributed by atoms with van der Waals surface area (Å²) in [6.45, 7) is -0.200. The van der Waals surface area contributed by atoms with E-state index >= 15 is 0 Å². The minimum atomic E-state index is -0.651. The molecule has 4 nitrogen and oxygen atoms in total. The molecule has 0 saturated heterocycles. The quantitative estimate of drug-likeness (QED) is 0.550. The van der Waals surface area contributed by atoms with Gasteiger partial charge in [-0.05, 0) is 12.1 Å². The number of carbonyl (C=O) groups excluding carboxylic acids is 2. The zero-order valence-electron chi connectivity index (χ0n) is 11.9. The molecule has 0 unspecified atom stereocenters. The molecular weight excluding hydrogens is 300 g/mol. The smallest absolute Gasteiger partial charge is 0.343 e. The Morgan fingerprint density at radius 3 is 2.64 bits per heavy atom. The molecule has 5 heteroatoms. The molecule has 1 aliphatic heterocycles. The lowest BCUT2D eigenvalue weighted by molar-refractivity contribution is -0.142. The van der Waals surface area contributed by atoms with Crippen molar-refractivity contribution in [2.24, 2.45) is 0 Å². The van der Waals surface area contributed by atoms with Crippen molar-refractivity contribution in [2.75, 3.05) is 13.7 Å². The number of methoxy groups -OCH3 is 1. The lowest BCUT2D eigenvalue weighted by atomic mass is 10.0. The topological polar surface area (TPSA) is 52.6 Å². The van der Waals surface area contributed by atoms with Crippen LogP contribution in [0.4, 0.5) is 0 Å². The Morgan fingerprint density at radius 2 is 1.86 bits per heavy atom. The average molecular weight is 313 g/mol. The predicted octanol–water partition coefficient (Wildman–Crippen LogP) is 2.41. The van der Waals surface area contributed by atoms with Gasteiger partial charge in [0, 0.05) is 11.1 Å². The third-order valence-electron chi connectivity index (χ3n) is 3.39. The van der Waals surface area contributed by atoms with Crippen LogP contribution < -0.4 is 4.74 Å². The highest BCUT2D eigenvalue weighted by atomic mass is 32.2. The number of fused-ring (bicyclic) bond motifs is 2. The number of hydrogen-bond donors (Lipinski definition) is 0. The molecule has 0 N–H and O–H groups in total. The van der Waals surface area contributed by atoms with E-state index in [-0.39, 0.29) is 12.4 Å². The zero-order valence-corrected chi connectivity index (χ0v) is 12.7. The zero-order chi connectivity index (χ0) is 15.7. The van der Waals surface area contributed by atoms with E-state index in [1.165, 1.54) is 7.11 Å². The Bertz CT molecular complexity index is 845. The molecule has 2 aromatic carbocycles. The van der Waals surface area contributed by atoms with Gasteiger partial charge >= 0.3 is 5.97 Å². The van der Waals surface area contributed by atoms with Crippen LogP contribution in [0.25, 0.3) is 0 Å². The summed E-state index contributed by atoms with van der Waals surface area (Å²) in [5.74, 6) is -0.120. The number of carbonyl (C=O) groups is 2. The highest BCUT2D eigenvalue weighted by Gasteiger charge is 2.18. The fourth-order valence-electron chi connectivity index (χ4n) is 2.28. The number of benzene rings is 2. The Hall–Kier alpha value is -2.49. The van der Waals surface area contributed by atoms with Crippen molar-refractivity contribution in [3.63, 3.8) is 0 Å². The van der Waals surface area contributed by atoms with Crippen LogP contribution in [-0.2, 0) is 19.8 Å². The predicted molar refractivity (Wildman–Crippen MR) is 82.7 cm³/mol. The standard InChI is InChI=1S/C17H13O4S/c1-20-16(18)10-21-11-7-8-15-13(9-11)17(19)12-5-3-4-6-14(12)22(15)2/h2-9H,10H2,1H3/q-1. The van der Waals surface area contributed by atoms with Crippen molar-refractivity contribution in [3.8, 4) is 11.4 Å². The van der Waals surface area contributed by atoms with Gasteiger partial charge in [0.2, 0.25) is 0 Å². The molecule has 0 fully saturated rings. The molecule has 0 saturated carbocycles. The molecule has 0 spiro atoms. The van der Waals surface area contributed by atoms with Crippen LogP contribution in [0, 0.1) is 5.69 Å². The van der Waals surface area contributed by atoms with Gasteiger partial charge in [0.1, 0.15) is 5.75 Å². The molecule has 3 rings (SSSR count). The Kier molecular flexibility index (Phi) is 3.75. The number of rotatable bonds is 3. The summed E-state index contributed by atoms with van der Waals surface area (Å²) in [4.78, 5) is 25.4. The van der Waals surface area contributed by atoms with Gasteiger partial charge in [-0.1, -0.05) is 30.3 Å². The van der Waals surface area contributed by atoms with Crippen LogP contribution in [0.2, 0.25) is 0 Å². The fraction of sp³-hybridized carbons (Fsp3) is 0.118. The Balaban J connectivity index is 1.98. The first-order valence-electron chi connectivity index (χ1n) is 6.58. The molecule has 2 aromatic rings. The molecule has 0 aliphatic carbocycles. The lowest BCUT2D eigenvalue weighted by Gasteiger charge is -2.31. The second-order valence-corrected chi connectivity index (χ2v) is 6.24. The molecule has 0 radical (unpaired) electrons. The van der Waals surface area contributed by atoms with Gasteiger partial charge in [-0.3, -0.25) is 4.79 Å². The van der Waals surface area contributed by atoms with Crippen molar-refractivity contribution in [3.05, 3.63) is 53.6 Å². The van der Waals surface area contributed by atoms with Gasteiger partial charge in [0.25, 0.3) is 0 Å². The molecule has 0 atom stereocenters. The van der Waals surface area contributed by atoms with E-state index in [4.69, 9.17) is 10.4 Å². The summed E-state index contributed by atoms with van der Waals surface area (Å²) in [6.07, 6.45) is 0. The van der Waals surface area contributed by atoms with E-state index < -0.39 is 16.3 Å². The number of ketones is 1. The maximum absolute atomic E-state index is 12.6. The highest BCUT2D eigenvalue weighted by molar-refractivity contribution is 7.86. The lowest BCUT2D eigenvalue weighted by Crippen LogP contribution is -2.16. The van der Waals surface area contributed by atoms with Crippen LogP contribution in [0.5, 0.6) is 5.75 Å². The molecule has 0 amide bonds. The normalized spacial score (nSPS) is 13.2. The van der Waals surface area contributed by atoms with E-state index in [1.807, 2.05) is 18.2 Å². The van der Waals surface area contributed by atoms with E-state index in [0.29, 0.717) is 16.9 Å². The van der Waals surface area contributed by atoms with Crippen molar-refractivity contribution >= 4 is 22.1 Å². The minimum Gasteiger partial charge on any atom is -0.482 e.